The van der Waals surface area contributed by atoms with E-state index in [0.29, 0.717) is 6.04 Å². The van der Waals surface area contributed by atoms with Gasteiger partial charge < -0.3 is 5.73 Å². The van der Waals surface area contributed by atoms with Crippen LogP contribution in [0.3, 0.4) is 0 Å². The maximum absolute atomic E-state index is 5.81. The van der Waals surface area contributed by atoms with Gasteiger partial charge in [-0.05, 0) is 50.4 Å². The molecule has 0 aromatic rings. The van der Waals surface area contributed by atoms with Gasteiger partial charge in [-0.2, -0.15) is 0 Å². The third-order valence-electron chi connectivity index (χ3n) is 2.98. The molecule has 0 saturated heterocycles. The summed E-state index contributed by atoms with van der Waals surface area (Å²) in [6, 6.07) is 0.396. The van der Waals surface area contributed by atoms with Gasteiger partial charge in [0.1, 0.15) is 0 Å². The van der Waals surface area contributed by atoms with Gasteiger partial charge in [0.15, 0.2) is 0 Å². The third-order valence-corrected chi connectivity index (χ3v) is 2.98. The van der Waals surface area contributed by atoms with Crippen LogP contribution in [-0.4, -0.2) is 6.04 Å². The van der Waals surface area contributed by atoms with Crippen molar-refractivity contribution in [2.24, 2.45) is 23.5 Å². The Labute approximate surface area is 76.7 Å². The molecule has 3 unspecified atom stereocenters. The highest BCUT2D eigenvalue weighted by Crippen LogP contribution is 2.34. The van der Waals surface area contributed by atoms with Crippen LogP contribution in [0.1, 0.15) is 46.5 Å². The quantitative estimate of drug-likeness (QED) is 0.676. The van der Waals surface area contributed by atoms with Crippen molar-refractivity contribution in [2.75, 3.05) is 0 Å². The average Bonchev–Trinajstić information content (AvgIpc) is 1.81. The first kappa shape index (κ1) is 10.0. The van der Waals surface area contributed by atoms with Crippen LogP contribution >= 0.6 is 0 Å². The summed E-state index contributed by atoms with van der Waals surface area (Å²) in [7, 11) is 0. The molecular weight excluding hydrogens is 146 g/mol. The van der Waals surface area contributed by atoms with Gasteiger partial charge in [-0.3, -0.25) is 0 Å². The minimum Gasteiger partial charge on any atom is -0.328 e. The Morgan fingerprint density at radius 2 is 1.67 bits per heavy atom. The zero-order valence-electron chi connectivity index (χ0n) is 8.72. The van der Waals surface area contributed by atoms with E-state index in [2.05, 4.69) is 20.8 Å². The van der Waals surface area contributed by atoms with Crippen molar-refractivity contribution in [3.63, 3.8) is 0 Å². The van der Waals surface area contributed by atoms with Crippen LogP contribution in [0, 0.1) is 17.8 Å². The monoisotopic (exact) mass is 169 g/mol. The topological polar surface area (TPSA) is 26.0 Å². The predicted molar refractivity (Wildman–Crippen MR) is 53.9 cm³/mol. The molecule has 1 saturated carbocycles. The van der Waals surface area contributed by atoms with E-state index in [0.717, 1.165) is 17.8 Å². The van der Waals surface area contributed by atoms with E-state index < -0.39 is 0 Å². The molecule has 0 bridgehead atoms. The molecule has 12 heavy (non-hydrogen) atoms. The highest BCUT2D eigenvalue weighted by Gasteiger charge is 2.24. The molecule has 0 aliphatic heterocycles. The second-order valence-corrected chi connectivity index (χ2v) is 5.00. The Hall–Kier alpha value is -0.0400. The lowest BCUT2D eigenvalue weighted by atomic mass is 9.75. The standard InChI is InChI=1S/C11H23N/c1-8-4-9(2)6-11(5-8)7-10(3)12/h8-11H,4-7,12H2,1-3H3. The average molecular weight is 169 g/mol. The highest BCUT2D eigenvalue weighted by molar-refractivity contribution is 4.76. The Balaban J connectivity index is 2.34. The zero-order valence-corrected chi connectivity index (χ0v) is 8.72. The molecule has 1 heteroatoms. The summed E-state index contributed by atoms with van der Waals surface area (Å²) in [4.78, 5) is 0. The summed E-state index contributed by atoms with van der Waals surface area (Å²) in [5.41, 5.74) is 5.81. The molecule has 0 amide bonds. The molecule has 0 aromatic carbocycles. The molecule has 1 fully saturated rings. The Morgan fingerprint density at radius 1 is 1.17 bits per heavy atom. The summed E-state index contributed by atoms with van der Waals surface area (Å²) >= 11 is 0. The Bertz CT molecular complexity index is 118. The van der Waals surface area contributed by atoms with Gasteiger partial charge >= 0.3 is 0 Å². The molecule has 3 atom stereocenters. The molecule has 1 rings (SSSR count). The number of hydrogen-bond donors (Lipinski definition) is 1. The smallest absolute Gasteiger partial charge is 0.00131 e. The number of rotatable bonds is 2. The van der Waals surface area contributed by atoms with Crippen molar-refractivity contribution in [3.05, 3.63) is 0 Å². The molecule has 0 radical (unpaired) electrons. The van der Waals surface area contributed by atoms with Crippen LogP contribution in [-0.2, 0) is 0 Å². The lowest BCUT2D eigenvalue weighted by Gasteiger charge is -2.32. The molecule has 0 heterocycles. The fourth-order valence-electron chi connectivity index (χ4n) is 2.83. The van der Waals surface area contributed by atoms with Gasteiger partial charge in [-0.15, -0.1) is 0 Å². The summed E-state index contributed by atoms with van der Waals surface area (Å²) in [6.45, 7) is 6.89. The van der Waals surface area contributed by atoms with Crippen molar-refractivity contribution in [1.29, 1.82) is 0 Å². The van der Waals surface area contributed by atoms with Gasteiger partial charge in [-0.1, -0.05) is 13.8 Å². The van der Waals surface area contributed by atoms with Crippen LogP contribution in [0.15, 0.2) is 0 Å². The van der Waals surface area contributed by atoms with Gasteiger partial charge in [0.05, 0.1) is 0 Å². The van der Waals surface area contributed by atoms with Crippen molar-refractivity contribution in [1.82, 2.24) is 0 Å². The molecule has 1 aliphatic rings. The van der Waals surface area contributed by atoms with Gasteiger partial charge in [0.2, 0.25) is 0 Å². The van der Waals surface area contributed by atoms with Crippen LogP contribution in [0.4, 0.5) is 0 Å². The van der Waals surface area contributed by atoms with Gasteiger partial charge in [0, 0.05) is 6.04 Å². The highest BCUT2D eigenvalue weighted by atomic mass is 14.6. The number of nitrogens with two attached hydrogens (primary N) is 1. The molecular formula is C11H23N. The number of hydrogen-bond acceptors (Lipinski definition) is 1. The van der Waals surface area contributed by atoms with E-state index in [1.165, 1.54) is 25.7 Å². The Morgan fingerprint density at radius 3 is 2.08 bits per heavy atom. The first-order valence-corrected chi connectivity index (χ1v) is 5.33. The summed E-state index contributed by atoms with van der Waals surface area (Å²) < 4.78 is 0. The zero-order chi connectivity index (χ0) is 9.14. The predicted octanol–water partition coefficient (Wildman–Crippen LogP) is 2.80. The maximum Gasteiger partial charge on any atom is 0.00131 e. The van der Waals surface area contributed by atoms with Crippen LogP contribution < -0.4 is 5.73 Å². The minimum atomic E-state index is 0.396. The first-order valence-electron chi connectivity index (χ1n) is 5.33. The first-order chi connectivity index (χ1) is 5.58. The molecule has 0 spiro atoms. The largest absolute Gasteiger partial charge is 0.328 e. The molecule has 2 N–H and O–H groups in total. The van der Waals surface area contributed by atoms with Crippen molar-refractivity contribution >= 4 is 0 Å². The summed E-state index contributed by atoms with van der Waals surface area (Å²) in [5, 5.41) is 0. The minimum absolute atomic E-state index is 0.396. The van der Waals surface area contributed by atoms with Crippen LogP contribution in [0.5, 0.6) is 0 Å². The van der Waals surface area contributed by atoms with E-state index in [-0.39, 0.29) is 0 Å². The molecule has 72 valence electrons. The van der Waals surface area contributed by atoms with Gasteiger partial charge in [0.25, 0.3) is 0 Å². The van der Waals surface area contributed by atoms with Crippen molar-refractivity contribution < 1.29 is 0 Å². The third kappa shape index (κ3) is 3.14. The van der Waals surface area contributed by atoms with Gasteiger partial charge in [-0.25, -0.2) is 0 Å². The lowest BCUT2D eigenvalue weighted by molar-refractivity contribution is 0.203. The van der Waals surface area contributed by atoms with E-state index in [1.54, 1.807) is 0 Å². The fraction of sp³-hybridized carbons (Fsp3) is 1.00. The molecule has 1 nitrogen and oxygen atoms in total. The van der Waals surface area contributed by atoms with Crippen LogP contribution in [0.25, 0.3) is 0 Å². The van der Waals surface area contributed by atoms with E-state index in [4.69, 9.17) is 5.73 Å². The summed E-state index contributed by atoms with van der Waals surface area (Å²) in [5.74, 6) is 2.76. The van der Waals surface area contributed by atoms with E-state index in [9.17, 15) is 0 Å². The van der Waals surface area contributed by atoms with E-state index >= 15 is 0 Å². The maximum atomic E-state index is 5.81. The molecule has 0 aromatic heterocycles. The fourth-order valence-corrected chi connectivity index (χ4v) is 2.83. The molecule has 1 aliphatic carbocycles. The van der Waals surface area contributed by atoms with Crippen molar-refractivity contribution in [3.8, 4) is 0 Å². The Kier molecular flexibility index (Phi) is 3.57. The summed E-state index contributed by atoms with van der Waals surface area (Å²) in [6.07, 6.45) is 5.47. The normalized spacial score (nSPS) is 39.5. The SMILES string of the molecule is CC(N)CC1CC(C)CC(C)C1. The lowest BCUT2D eigenvalue weighted by Crippen LogP contribution is -2.26. The van der Waals surface area contributed by atoms with E-state index in [1.807, 2.05) is 0 Å². The van der Waals surface area contributed by atoms with Crippen molar-refractivity contribution in [2.45, 2.75) is 52.5 Å². The second kappa shape index (κ2) is 4.27. The van der Waals surface area contributed by atoms with Crippen LogP contribution in [0.2, 0.25) is 0 Å². The second-order valence-electron chi connectivity index (χ2n) is 5.00.